The Morgan fingerprint density at radius 3 is 2.28 bits per heavy atom. The average molecular weight is 399 g/mol. The Balaban J connectivity index is 2.97. The van der Waals surface area contributed by atoms with Gasteiger partial charge in [0.05, 0.1) is 4.90 Å². The lowest BCUT2D eigenvalue weighted by Gasteiger charge is -2.28. The molecule has 0 aliphatic heterocycles. The molecule has 0 aromatic heterocycles. The molecule has 0 fully saturated rings. The molecule has 0 saturated carbocycles. The molecule has 1 aromatic rings. The SMILES string of the molecule is CCC(C)(CCBr)NS(=O)(=O)c1ccc(Br)cc1. The van der Waals surface area contributed by atoms with E-state index in [1.807, 2.05) is 13.8 Å². The second-order valence-corrected chi connectivity index (χ2v) is 7.80. The Bertz CT molecular complexity index is 487. The fourth-order valence-electron chi connectivity index (χ4n) is 1.51. The summed E-state index contributed by atoms with van der Waals surface area (Å²) in [6.45, 7) is 3.90. The van der Waals surface area contributed by atoms with Gasteiger partial charge in [-0.15, -0.1) is 0 Å². The number of hydrogen-bond acceptors (Lipinski definition) is 2. The van der Waals surface area contributed by atoms with Crippen molar-refractivity contribution >= 4 is 41.9 Å². The van der Waals surface area contributed by atoms with Gasteiger partial charge in [0.2, 0.25) is 10.0 Å². The summed E-state index contributed by atoms with van der Waals surface area (Å²) in [6, 6.07) is 6.64. The zero-order valence-electron chi connectivity index (χ0n) is 10.4. The first-order chi connectivity index (χ1) is 8.33. The molecule has 1 atom stereocenters. The van der Waals surface area contributed by atoms with Gasteiger partial charge in [0, 0.05) is 15.3 Å². The Kier molecular flexibility index (Phi) is 5.83. The molecule has 3 nitrogen and oxygen atoms in total. The zero-order chi connectivity index (χ0) is 13.8. The van der Waals surface area contributed by atoms with Crippen LogP contribution in [0.4, 0.5) is 0 Å². The van der Waals surface area contributed by atoms with Crippen molar-refractivity contribution in [3.05, 3.63) is 28.7 Å². The number of nitrogens with one attached hydrogen (secondary N) is 1. The molecular formula is C12H17Br2NO2S. The molecule has 1 unspecified atom stereocenters. The summed E-state index contributed by atoms with van der Waals surface area (Å²) in [5.74, 6) is 0. The predicted molar refractivity (Wildman–Crippen MR) is 81.6 cm³/mol. The number of alkyl halides is 1. The Hall–Kier alpha value is 0.0900. The zero-order valence-corrected chi connectivity index (χ0v) is 14.4. The first-order valence-electron chi connectivity index (χ1n) is 5.68. The first kappa shape index (κ1) is 16.1. The van der Waals surface area contributed by atoms with Crippen LogP contribution >= 0.6 is 31.9 Å². The van der Waals surface area contributed by atoms with Crippen molar-refractivity contribution in [3.63, 3.8) is 0 Å². The summed E-state index contributed by atoms with van der Waals surface area (Å²) < 4.78 is 28.1. The molecule has 0 heterocycles. The first-order valence-corrected chi connectivity index (χ1v) is 9.08. The Morgan fingerprint density at radius 2 is 1.83 bits per heavy atom. The Labute approximate surface area is 126 Å². The van der Waals surface area contributed by atoms with E-state index >= 15 is 0 Å². The van der Waals surface area contributed by atoms with Gasteiger partial charge in [0.15, 0.2) is 0 Å². The minimum atomic E-state index is -3.46. The van der Waals surface area contributed by atoms with E-state index in [2.05, 4.69) is 36.6 Å². The van der Waals surface area contributed by atoms with Crippen LogP contribution in [0.15, 0.2) is 33.6 Å². The van der Waals surface area contributed by atoms with E-state index in [9.17, 15) is 8.42 Å². The molecule has 1 N–H and O–H groups in total. The summed E-state index contributed by atoms with van der Waals surface area (Å²) in [7, 11) is -3.46. The van der Waals surface area contributed by atoms with Gasteiger partial charge in [-0.1, -0.05) is 38.8 Å². The topological polar surface area (TPSA) is 46.2 Å². The van der Waals surface area contributed by atoms with Gasteiger partial charge in [0.1, 0.15) is 0 Å². The van der Waals surface area contributed by atoms with Crippen LogP contribution in [0.3, 0.4) is 0 Å². The van der Waals surface area contributed by atoms with Crippen molar-refractivity contribution in [2.45, 2.75) is 37.1 Å². The molecule has 0 aliphatic rings. The third-order valence-corrected chi connectivity index (χ3v) is 5.51. The molecule has 6 heteroatoms. The van der Waals surface area contributed by atoms with E-state index in [4.69, 9.17) is 0 Å². The van der Waals surface area contributed by atoms with E-state index in [-0.39, 0.29) is 0 Å². The van der Waals surface area contributed by atoms with Crippen LogP contribution in [0.5, 0.6) is 0 Å². The van der Waals surface area contributed by atoms with Gasteiger partial charge >= 0.3 is 0 Å². The van der Waals surface area contributed by atoms with E-state index in [1.54, 1.807) is 24.3 Å². The van der Waals surface area contributed by atoms with Crippen molar-refractivity contribution in [3.8, 4) is 0 Å². The molecule has 102 valence electrons. The molecule has 1 aromatic carbocycles. The molecule has 0 spiro atoms. The maximum absolute atomic E-state index is 12.3. The van der Waals surface area contributed by atoms with E-state index in [1.165, 1.54) is 0 Å². The van der Waals surface area contributed by atoms with Gasteiger partial charge in [-0.2, -0.15) is 0 Å². The molecule has 0 aliphatic carbocycles. The third-order valence-electron chi connectivity index (χ3n) is 2.93. The molecule has 0 bridgehead atoms. The quantitative estimate of drug-likeness (QED) is 0.742. The van der Waals surface area contributed by atoms with E-state index in [0.29, 0.717) is 4.90 Å². The predicted octanol–water partition coefficient (Wildman–Crippen LogP) is 3.68. The van der Waals surface area contributed by atoms with Crippen LogP contribution in [0.1, 0.15) is 26.7 Å². The number of halogens is 2. The molecule has 0 radical (unpaired) electrons. The molecular weight excluding hydrogens is 382 g/mol. The number of sulfonamides is 1. The number of rotatable bonds is 6. The standard InChI is InChI=1S/C12H17Br2NO2S/c1-3-12(2,8-9-13)15-18(16,17)11-6-4-10(14)5-7-11/h4-7,15H,3,8-9H2,1-2H3. The average Bonchev–Trinajstić information content (AvgIpc) is 2.29. The molecule has 0 saturated heterocycles. The van der Waals surface area contributed by atoms with Gasteiger partial charge in [-0.3, -0.25) is 0 Å². The van der Waals surface area contributed by atoms with Crippen molar-refractivity contribution in [1.29, 1.82) is 0 Å². The lowest BCUT2D eigenvalue weighted by Crippen LogP contribution is -2.45. The summed E-state index contributed by atoms with van der Waals surface area (Å²) in [5, 5.41) is 0.764. The van der Waals surface area contributed by atoms with Gasteiger partial charge in [0.25, 0.3) is 0 Å². The van der Waals surface area contributed by atoms with Crippen LogP contribution in [0, 0.1) is 0 Å². The maximum Gasteiger partial charge on any atom is 0.241 e. The minimum Gasteiger partial charge on any atom is -0.207 e. The largest absolute Gasteiger partial charge is 0.241 e. The highest BCUT2D eigenvalue weighted by atomic mass is 79.9. The fraction of sp³-hybridized carbons (Fsp3) is 0.500. The second kappa shape index (κ2) is 6.50. The maximum atomic E-state index is 12.3. The molecule has 1 rings (SSSR count). The van der Waals surface area contributed by atoms with Crippen LogP contribution in [0.25, 0.3) is 0 Å². The summed E-state index contributed by atoms with van der Waals surface area (Å²) in [5.41, 5.74) is -0.421. The molecule has 18 heavy (non-hydrogen) atoms. The normalized spacial score (nSPS) is 15.3. The lowest BCUT2D eigenvalue weighted by atomic mass is 9.98. The van der Waals surface area contributed by atoms with Gasteiger partial charge in [-0.05, 0) is 44.0 Å². The highest BCUT2D eigenvalue weighted by Crippen LogP contribution is 2.21. The summed E-state index contributed by atoms with van der Waals surface area (Å²) >= 11 is 6.65. The van der Waals surface area contributed by atoms with Crippen molar-refractivity contribution in [2.75, 3.05) is 5.33 Å². The van der Waals surface area contributed by atoms with E-state index < -0.39 is 15.6 Å². The second-order valence-electron chi connectivity index (χ2n) is 4.41. The van der Waals surface area contributed by atoms with Gasteiger partial charge in [-0.25, -0.2) is 13.1 Å². The molecule has 0 amide bonds. The van der Waals surface area contributed by atoms with E-state index in [0.717, 1.165) is 22.6 Å². The van der Waals surface area contributed by atoms with Crippen molar-refractivity contribution in [2.24, 2.45) is 0 Å². The number of benzene rings is 1. The van der Waals surface area contributed by atoms with Crippen LogP contribution < -0.4 is 4.72 Å². The Morgan fingerprint density at radius 1 is 1.28 bits per heavy atom. The smallest absolute Gasteiger partial charge is 0.207 e. The van der Waals surface area contributed by atoms with Crippen molar-refractivity contribution < 1.29 is 8.42 Å². The van der Waals surface area contributed by atoms with Crippen LogP contribution in [-0.2, 0) is 10.0 Å². The highest BCUT2D eigenvalue weighted by molar-refractivity contribution is 9.10. The van der Waals surface area contributed by atoms with Crippen LogP contribution in [0.2, 0.25) is 0 Å². The van der Waals surface area contributed by atoms with Gasteiger partial charge < -0.3 is 0 Å². The number of hydrogen-bond donors (Lipinski definition) is 1. The minimum absolute atomic E-state index is 0.292. The summed E-state index contributed by atoms with van der Waals surface area (Å²) in [4.78, 5) is 0.292. The van der Waals surface area contributed by atoms with Crippen LogP contribution in [-0.4, -0.2) is 19.3 Å². The third kappa shape index (κ3) is 4.33. The summed E-state index contributed by atoms with van der Waals surface area (Å²) in [6.07, 6.45) is 1.49. The fourth-order valence-corrected chi connectivity index (χ4v) is 4.15. The lowest BCUT2D eigenvalue weighted by molar-refractivity contribution is 0.392. The monoisotopic (exact) mass is 397 g/mol. The highest BCUT2D eigenvalue weighted by Gasteiger charge is 2.28. The van der Waals surface area contributed by atoms with Crippen molar-refractivity contribution in [1.82, 2.24) is 4.72 Å².